The molecule has 172 valence electrons. The highest BCUT2D eigenvalue weighted by molar-refractivity contribution is 7.18. The highest BCUT2D eigenvalue weighted by Crippen LogP contribution is 2.30. The molecule has 2 aromatic rings. The van der Waals surface area contributed by atoms with E-state index < -0.39 is 0 Å². The van der Waals surface area contributed by atoms with Gasteiger partial charge in [0.15, 0.2) is 6.19 Å². The molecular formula is C22H30N6O3S. The van der Waals surface area contributed by atoms with Gasteiger partial charge in [0.1, 0.15) is 4.83 Å². The van der Waals surface area contributed by atoms with Gasteiger partial charge in [0, 0.05) is 24.6 Å². The van der Waals surface area contributed by atoms with Crippen LogP contribution in [0.3, 0.4) is 0 Å². The number of thiophene rings is 1. The van der Waals surface area contributed by atoms with Gasteiger partial charge in [-0.3, -0.25) is 24.2 Å². The molecule has 2 aliphatic rings. The lowest BCUT2D eigenvalue weighted by Gasteiger charge is -2.21. The summed E-state index contributed by atoms with van der Waals surface area (Å²) in [5, 5.41) is 12.2. The molecule has 0 spiro atoms. The third-order valence-electron chi connectivity index (χ3n) is 5.87. The normalized spacial score (nSPS) is 18.9. The number of aryl methyl sites for hydroxylation is 1. The molecule has 9 nitrogen and oxygen atoms in total. The summed E-state index contributed by atoms with van der Waals surface area (Å²) < 4.78 is 8.94. The van der Waals surface area contributed by atoms with Crippen molar-refractivity contribution in [3.63, 3.8) is 0 Å². The number of hydrogen-bond acceptors (Lipinski definition) is 8. The van der Waals surface area contributed by atoms with Crippen LogP contribution in [0, 0.1) is 23.8 Å². The summed E-state index contributed by atoms with van der Waals surface area (Å²) in [5.74, 6) is 0.547. The molecule has 2 aliphatic heterocycles. The van der Waals surface area contributed by atoms with Gasteiger partial charge in [-0.05, 0) is 30.7 Å². The Morgan fingerprint density at radius 1 is 1.31 bits per heavy atom. The molecule has 1 unspecified atom stereocenters. The summed E-state index contributed by atoms with van der Waals surface area (Å²) in [6.07, 6.45) is 3.82. The first-order chi connectivity index (χ1) is 15.2. The minimum atomic E-state index is -0.268. The summed E-state index contributed by atoms with van der Waals surface area (Å²) in [6, 6.07) is 0. The van der Waals surface area contributed by atoms with Gasteiger partial charge in [-0.15, -0.1) is 11.3 Å². The smallest absolute Gasteiger partial charge is 0.332 e. The summed E-state index contributed by atoms with van der Waals surface area (Å²) in [4.78, 5) is 35.0. The minimum absolute atomic E-state index is 0.0144. The number of nitrogens with one attached hydrogen (secondary N) is 1. The van der Waals surface area contributed by atoms with Gasteiger partial charge in [0.05, 0.1) is 31.1 Å². The molecular weight excluding hydrogens is 428 g/mol. The number of aromatic nitrogens is 2. The fourth-order valence-corrected chi connectivity index (χ4v) is 5.65. The van der Waals surface area contributed by atoms with E-state index in [0.29, 0.717) is 55.5 Å². The number of nitriles is 1. The molecule has 2 aromatic heterocycles. The Labute approximate surface area is 190 Å². The molecule has 1 fully saturated rings. The fourth-order valence-electron chi connectivity index (χ4n) is 4.34. The van der Waals surface area contributed by atoms with Gasteiger partial charge in [-0.25, -0.2) is 4.79 Å². The van der Waals surface area contributed by atoms with E-state index in [9.17, 15) is 9.59 Å². The molecule has 10 heteroatoms. The van der Waals surface area contributed by atoms with E-state index in [-0.39, 0.29) is 22.8 Å². The van der Waals surface area contributed by atoms with E-state index >= 15 is 0 Å². The first-order valence-electron chi connectivity index (χ1n) is 11.0. The summed E-state index contributed by atoms with van der Waals surface area (Å²) in [7, 11) is 0. The second kappa shape index (κ2) is 8.71. The van der Waals surface area contributed by atoms with Crippen LogP contribution in [0.25, 0.3) is 10.2 Å². The lowest BCUT2D eigenvalue weighted by Crippen LogP contribution is -2.43. The van der Waals surface area contributed by atoms with Crippen LogP contribution in [-0.4, -0.2) is 45.8 Å². The molecule has 0 aromatic carbocycles. The predicted octanol–water partition coefficient (Wildman–Crippen LogP) is 2.00. The molecule has 0 radical (unpaired) electrons. The van der Waals surface area contributed by atoms with E-state index in [1.807, 2.05) is 38.8 Å². The fraction of sp³-hybridized carbons (Fsp3) is 0.636. The Morgan fingerprint density at radius 2 is 2.09 bits per heavy atom. The van der Waals surface area contributed by atoms with Crippen molar-refractivity contribution >= 4 is 27.5 Å². The van der Waals surface area contributed by atoms with E-state index in [2.05, 4.69) is 10.3 Å². The number of aliphatic imine (C=N–C) groups is 1. The molecule has 1 atom stereocenters. The number of guanidine groups is 1. The van der Waals surface area contributed by atoms with Crippen molar-refractivity contribution < 1.29 is 4.74 Å². The van der Waals surface area contributed by atoms with Crippen molar-refractivity contribution in [2.45, 2.75) is 66.3 Å². The van der Waals surface area contributed by atoms with Gasteiger partial charge >= 0.3 is 5.69 Å². The molecule has 1 saturated heterocycles. The number of nitrogens with zero attached hydrogens (tertiary/aromatic N) is 5. The highest BCUT2D eigenvalue weighted by Gasteiger charge is 2.27. The number of fused-ring (bicyclic) bond motifs is 1. The maximum atomic E-state index is 13.5. The summed E-state index contributed by atoms with van der Waals surface area (Å²) in [6.45, 7) is 11.4. The molecule has 0 aliphatic carbocycles. The molecule has 0 saturated carbocycles. The van der Waals surface area contributed by atoms with Crippen LogP contribution in [0.5, 0.6) is 0 Å². The van der Waals surface area contributed by atoms with Crippen molar-refractivity contribution in [3.8, 4) is 6.19 Å². The van der Waals surface area contributed by atoms with E-state index in [0.717, 1.165) is 23.3 Å². The van der Waals surface area contributed by atoms with E-state index in [4.69, 9.17) is 10.00 Å². The quantitative estimate of drug-likeness (QED) is 0.543. The third kappa shape index (κ3) is 4.32. The molecule has 4 heterocycles. The van der Waals surface area contributed by atoms with Gasteiger partial charge in [0.2, 0.25) is 5.96 Å². The maximum Gasteiger partial charge on any atom is 0.332 e. The maximum absolute atomic E-state index is 13.5. The molecule has 32 heavy (non-hydrogen) atoms. The Balaban J connectivity index is 1.83. The molecule has 0 amide bonds. The van der Waals surface area contributed by atoms with Crippen LogP contribution in [-0.2, 0) is 24.4 Å². The second-order valence-corrected chi connectivity index (χ2v) is 10.8. The first-order valence-corrected chi connectivity index (χ1v) is 11.8. The first kappa shape index (κ1) is 22.6. The zero-order valence-electron chi connectivity index (χ0n) is 19.1. The van der Waals surface area contributed by atoms with Crippen molar-refractivity contribution in [2.24, 2.45) is 10.4 Å². The third-order valence-corrected chi connectivity index (χ3v) is 7.17. The zero-order chi connectivity index (χ0) is 23.0. The molecule has 1 N–H and O–H groups in total. The minimum Gasteiger partial charge on any atom is -0.376 e. The Kier molecular flexibility index (Phi) is 6.14. The van der Waals surface area contributed by atoms with Crippen molar-refractivity contribution in [3.05, 3.63) is 31.3 Å². The summed E-state index contributed by atoms with van der Waals surface area (Å²) >= 11 is 1.48. The summed E-state index contributed by atoms with van der Waals surface area (Å²) in [5.41, 5.74) is 0.181. The van der Waals surface area contributed by atoms with Crippen molar-refractivity contribution in [1.29, 1.82) is 5.26 Å². The van der Waals surface area contributed by atoms with E-state index in [1.165, 1.54) is 15.9 Å². The predicted molar refractivity (Wildman–Crippen MR) is 125 cm³/mol. The van der Waals surface area contributed by atoms with Gasteiger partial charge in [-0.1, -0.05) is 20.8 Å². The van der Waals surface area contributed by atoms with Crippen molar-refractivity contribution in [2.75, 3.05) is 19.7 Å². The Bertz CT molecular complexity index is 1200. The SMILES string of the molecule is Cc1c(CN2CCN=C2NC#N)sc2c1c(=O)n(CC(C)(C)C)c(=O)n2CC1CCCO1. The lowest BCUT2D eigenvalue weighted by atomic mass is 9.97. The van der Waals surface area contributed by atoms with Crippen LogP contribution in [0.2, 0.25) is 0 Å². The topological polar surface area (TPSA) is 105 Å². The Morgan fingerprint density at radius 3 is 2.75 bits per heavy atom. The van der Waals surface area contributed by atoms with E-state index in [1.54, 1.807) is 4.57 Å². The Hall–Kier alpha value is -2.64. The van der Waals surface area contributed by atoms with Crippen LogP contribution in [0.4, 0.5) is 0 Å². The standard InChI is InChI=1S/C22H30N6O3S/c1-14-16(11-26-8-7-24-20(26)25-13-23)32-19-17(14)18(29)28(12-22(2,3)4)21(30)27(19)10-15-6-5-9-31-15/h15H,5-12H2,1-4H3,(H,24,25). The molecule has 4 rings (SSSR count). The van der Waals surface area contributed by atoms with Crippen molar-refractivity contribution in [1.82, 2.24) is 19.4 Å². The number of hydrogen-bond donors (Lipinski definition) is 1. The average Bonchev–Trinajstić information content (AvgIpc) is 3.45. The molecule has 0 bridgehead atoms. The van der Waals surface area contributed by atoms with Crippen LogP contribution in [0.1, 0.15) is 44.1 Å². The van der Waals surface area contributed by atoms with Gasteiger partial charge in [-0.2, -0.15) is 5.26 Å². The second-order valence-electron chi connectivity index (χ2n) is 9.67. The zero-order valence-corrected chi connectivity index (χ0v) is 19.9. The highest BCUT2D eigenvalue weighted by atomic mass is 32.1. The number of rotatable bonds is 5. The largest absolute Gasteiger partial charge is 0.376 e. The van der Waals surface area contributed by atoms with Crippen LogP contribution in [0.15, 0.2) is 14.6 Å². The monoisotopic (exact) mass is 458 g/mol. The van der Waals surface area contributed by atoms with Crippen LogP contribution < -0.4 is 16.6 Å². The lowest BCUT2D eigenvalue weighted by molar-refractivity contribution is 0.0964. The van der Waals surface area contributed by atoms with Gasteiger partial charge in [0.25, 0.3) is 5.56 Å². The van der Waals surface area contributed by atoms with Crippen LogP contribution >= 0.6 is 11.3 Å². The van der Waals surface area contributed by atoms with Gasteiger partial charge < -0.3 is 9.64 Å². The number of ether oxygens (including phenoxy) is 1. The average molecular weight is 459 g/mol.